The molecule has 2 aliphatic rings. The Morgan fingerprint density at radius 1 is 0.306 bits per heavy atom. The van der Waals surface area contributed by atoms with Crippen molar-refractivity contribution in [1.82, 2.24) is 9.97 Å². The van der Waals surface area contributed by atoms with E-state index in [2.05, 4.69) is 222 Å². The fourth-order valence-corrected chi connectivity index (χ4v) is 10.7. The number of aromatic nitrogens is 2. The highest BCUT2D eigenvalue weighted by atomic mass is 14.9. The summed E-state index contributed by atoms with van der Waals surface area (Å²) in [5.41, 5.74) is 20.4. The lowest BCUT2D eigenvalue weighted by molar-refractivity contribution is 0.660. The Morgan fingerprint density at radius 2 is 0.823 bits per heavy atom. The fraction of sp³-hybridized carbons (Fsp3) is 0.100. The van der Waals surface area contributed by atoms with Crippen molar-refractivity contribution in [3.05, 3.63) is 216 Å². The molecule has 1 heterocycles. The summed E-state index contributed by atoms with van der Waals surface area (Å²) in [6, 6.07) is 71.0. The van der Waals surface area contributed by atoms with E-state index in [1.54, 1.807) is 0 Å². The Bertz CT molecular complexity index is 3450. The van der Waals surface area contributed by atoms with Crippen LogP contribution in [0.2, 0.25) is 0 Å². The molecule has 10 aromatic rings. The van der Waals surface area contributed by atoms with Crippen molar-refractivity contribution in [3.63, 3.8) is 0 Å². The smallest absolute Gasteiger partial charge is 0.160 e. The Kier molecular flexibility index (Phi) is 7.96. The third-order valence-corrected chi connectivity index (χ3v) is 13.9. The van der Waals surface area contributed by atoms with Crippen LogP contribution in [0.3, 0.4) is 0 Å². The van der Waals surface area contributed by atoms with Crippen LogP contribution >= 0.6 is 0 Å². The van der Waals surface area contributed by atoms with Crippen molar-refractivity contribution in [2.45, 2.75) is 38.5 Å². The molecule has 0 saturated carbocycles. The summed E-state index contributed by atoms with van der Waals surface area (Å²) in [4.78, 5) is 10.8. The van der Waals surface area contributed by atoms with Crippen molar-refractivity contribution in [3.8, 4) is 78.4 Å². The molecular weight excluding hydrogens is 749 g/mol. The average molecular weight is 793 g/mol. The zero-order valence-corrected chi connectivity index (χ0v) is 35.4. The lowest BCUT2D eigenvalue weighted by Gasteiger charge is -2.22. The van der Waals surface area contributed by atoms with Gasteiger partial charge in [0, 0.05) is 27.5 Å². The average Bonchev–Trinajstić information content (AvgIpc) is 3.69. The molecule has 0 radical (unpaired) electrons. The van der Waals surface area contributed by atoms with E-state index in [1.165, 1.54) is 88.3 Å². The summed E-state index contributed by atoms with van der Waals surface area (Å²) < 4.78 is 0. The van der Waals surface area contributed by atoms with Gasteiger partial charge in [0.2, 0.25) is 0 Å². The van der Waals surface area contributed by atoms with Gasteiger partial charge in [0.05, 0.1) is 11.4 Å². The molecule has 0 unspecified atom stereocenters. The van der Waals surface area contributed by atoms with Gasteiger partial charge in [-0.1, -0.05) is 198 Å². The van der Waals surface area contributed by atoms with E-state index in [0.29, 0.717) is 0 Å². The van der Waals surface area contributed by atoms with Gasteiger partial charge >= 0.3 is 0 Å². The largest absolute Gasteiger partial charge is 0.228 e. The Morgan fingerprint density at radius 3 is 1.52 bits per heavy atom. The third kappa shape index (κ3) is 5.43. The zero-order valence-electron chi connectivity index (χ0n) is 35.4. The van der Waals surface area contributed by atoms with E-state index in [-0.39, 0.29) is 10.8 Å². The van der Waals surface area contributed by atoms with Crippen molar-refractivity contribution in [1.29, 1.82) is 0 Å². The maximum Gasteiger partial charge on any atom is 0.160 e. The van der Waals surface area contributed by atoms with Crippen LogP contribution in [0.15, 0.2) is 194 Å². The van der Waals surface area contributed by atoms with E-state index in [1.807, 2.05) is 0 Å². The zero-order chi connectivity index (χ0) is 41.7. The van der Waals surface area contributed by atoms with Gasteiger partial charge in [0.15, 0.2) is 5.82 Å². The van der Waals surface area contributed by atoms with Crippen molar-refractivity contribution in [2.24, 2.45) is 0 Å². The van der Waals surface area contributed by atoms with Crippen LogP contribution < -0.4 is 0 Å². The molecule has 62 heavy (non-hydrogen) atoms. The molecule has 2 heteroatoms. The molecule has 294 valence electrons. The topological polar surface area (TPSA) is 25.8 Å². The van der Waals surface area contributed by atoms with Gasteiger partial charge in [0.1, 0.15) is 0 Å². The van der Waals surface area contributed by atoms with Crippen molar-refractivity contribution < 1.29 is 0 Å². The van der Waals surface area contributed by atoms with Gasteiger partial charge in [-0.3, -0.25) is 0 Å². The molecule has 2 aliphatic carbocycles. The minimum absolute atomic E-state index is 0.146. The van der Waals surface area contributed by atoms with Crippen LogP contribution in [0.1, 0.15) is 49.9 Å². The lowest BCUT2D eigenvalue weighted by Crippen LogP contribution is -2.15. The van der Waals surface area contributed by atoms with Gasteiger partial charge in [-0.05, 0) is 113 Å². The number of benzene rings is 9. The summed E-state index contributed by atoms with van der Waals surface area (Å²) in [6.07, 6.45) is 0. The minimum atomic E-state index is -0.158. The first-order chi connectivity index (χ1) is 30.3. The Balaban J connectivity index is 1.03. The first-order valence-corrected chi connectivity index (χ1v) is 21.7. The number of nitrogens with zero attached hydrogens (tertiary/aromatic N) is 2. The first-order valence-electron chi connectivity index (χ1n) is 21.7. The third-order valence-electron chi connectivity index (χ3n) is 13.9. The van der Waals surface area contributed by atoms with Gasteiger partial charge in [-0.25, -0.2) is 9.97 Å². The van der Waals surface area contributed by atoms with Gasteiger partial charge < -0.3 is 0 Å². The van der Waals surface area contributed by atoms with Crippen LogP contribution in [0.5, 0.6) is 0 Å². The number of hydrogen-bond donors (Lipinski definition) is 0. The second-order valence-electron chi connectivity index (χ2n) is 18.1. The Hall–Kier alpha value is -7.42. The summed E-state index contributed by atoms with van der Waals surface area (Å²) in [6.45, 7) is 9.46. The summed E-state index contributed by atoms with van der Waals surface area (Å²) in [5.74, 6) is 0.718. The van der Waals surface area contributed by atoms with Crippen LogP contribution in [0, 0.1) is 0 Å². The monoisotopic (exact) mass is 792 g/mol. The highest BCUT2D eigenvalue weighted by Crippen LogP contribution is 2.55. The number of hydrogen-bond acceptors (Lipinski definition) is 2. The van der Waals surface area contributed by atoms with Crippen molar-refractivity contribution in [2.75, 3.05) is 0 Å². The van der Waals surface area contributed by atoms with E-state index in [0.717, 1.165) is 33.9 Å². The molecule has 0 amide bonds. The summed E-state index contributed by atoms with van der Waals surface area (Å²) in [7, 11) is 0. The fourth-order valence-electron chi connectivity index (χ4n) is 10.7. The first kappa shape index (κ1) is 36.4. The van der Waals surface area contributed by atoms with Gasteiger partial charge in [-0.15, -0.1) is 0 Å². The second-order valence-corrected chi connectivity index (χ2v) is 18.1. The summed E-state index contributed by atoms with van der Waals surface area (Å²) >= 11 is 0. The molecule has 0 N–H and O–H groups in total. The van der Waals surface area contributed by atoms with Gasteiger partial charge in [0.25, 0.3) is 0 Å². The van der Waals surface area contributed by atoms with Crippen LogP contribution in [-0.2, 0) is 10.8 Å². The molecule has 2 nitrogen and oxygen atoms in total. The molecule has 0 atom stereocenters. The van der Waals surface area contributed by atoms with Crippen LogP contribution in [-0.4, -0.2) is 9.97 Å². The molecule has 0 bridgehead atoms. The minimum Gasteiger partial charge on any atom is -0.228 e. The van der Waals surface area contributed by atoms with Crippen LogP contribution in [0.25, 0.3) is 100.0 Å². The molecular formula is C60H44N2. The maximum atomic E-state index is 5.38. The highest BCUT2D eigenvalue weighted by molar-refractivity contribution is 6.06. The Labute approximate surface area is 363 Å². The molecule has 0 saturated heterocycles. The predicted molar refractivity (Wildman–Crippen MR) is 259 cm³/mol. The van der Waals surface area contributed by atoms with Crippen LogP contribution in [0.4, 0.5) is 0 Å². The number of rotatable bonds is 5. The standard InChI is InChI=1S/C60H44N2/c1-59(2)50-27-15-25-43(37-17-7-5-8-18-37)56(50)47-30-29-41(35-52(47)59)42-31-32-46(45-24-14-13-23-44(42)45)54-36-55(62-58(61-54)38-19-9-6-10-20-38)48-26-16-28-51-57(48)49-33-39-21-11-12-22-40(39)34-53(49)60(51,3)4/h5-36H,1-4H3. The van der Waals surface area contributed by atoms with E-state index in [9.17, 15) is 0 Å². The van der Waals surface area contributed by atoms with Crippen molar-refractivity contribution >= 4 is 21.5 Å². The predicted octanol–water partition coefficient (Wildman–Crippen LogP) is 15.7. The maximum absolute atomic E-state index is 5.38. The molecule has 9 aromatic carbocycles. The van der Waals surface area contributed by atoms with E-state index < -0.39 is 0 Å². The van der Waals surface area contributed by atoms with E-state index >= 15 is 0 Å². The number of fused-ring (bicyclic) bond motifs is 8. The molecule has 0 spiro atoms. The molecule has 12 rings (SSSR count). The van der Waals surface area contributed by atoms with E-state index in [4.69, 9.17) is 9.97 Å². The molecule has 0 fully saturated rings. The quantitative estimate of drug-likeness (QED) is 0.173. The molecule has 1 aromatic heterocycles. The lowest BCUT2D eigenvalue weighted by atomic mass is 9.81. The highest BCUT2D eigenvalue weighted by Gasteiger charge is 2.39. The van der Waals surface area contributed by atoms with Gasteiger partial charge in [-0.2, -0.15) is 0 Å². The molecule has 0 aliphatic heterocycles. The second kappa shape index (κ2) is 13.5. The SMILES string of the molecule is CC1(C)c2cc(-c3ccc(-c4cc(-c5cccc6c5-c5cc7ccccc7cc5C6(C)C)nc(-c5ccccc5)n4)c4ccccc34)ccc2-c2c(-c3ccccc3)cccc21. The summed E-state index contributed by atoms with van der Waals surface area (Å²) in [5, 5.41) is 4.88. The normalized spacial score (nSPS) is 14.1.